The van der Waals surface area contributed by atoms with Crippen molar-refractivity contribution < 1.29 is 9.59 Å². The van der Waals surface area contributed by atoms with Gasteiger partial charge in [0.2, 0.25) is 5.91 Å². The van der Waals surface area contributed by atoms with Crippen molar-refractivity contribution in [2.45, 2.75) is 63.9 Å². The molecule has 3 amide bonds. The molecule has 0 aromatic carbocycles. The van der Waals surface area contributed by atoms with Crippen LogP contribution in [0.4, 0.5) is 4.79 Å². The minimum absolute atomic E-state index is 0.0418. The average molecular weight is 423 g/mol. The normalized spacial score (nSPS) is 17.5. The summed E-state index contributed by atoms with van der Waals surface area (Å²) in [4.78, 5) is 43.5. The number of carbonyl (C=O) groups excluding carboxylic acids is 2. The largest absolute Gasteiger partial charge is 0.351 e. The lowest BCUT2D eigenvalue weighted by Crippen LogP contribution is -2.42. The van der Waals surface area contributed by atoms with E-state index < -0.39 is 17.2 Å². The number of thiophene rings is 1. The van der Waals surface area contributed by atoms with E-state index in [0.717, 1.165) is 35.0 Å². The van der Waals surface area contributed by atoms with Gasteiger partial charge in [-0.3, -0.25) is 19.5 Å². The number of urea groups is 1. The highest BCUT2D eigenvalue weighted by molar-refractivity contribution is 8.00. The molecule has 0 unspecified atom stereocenters. The van der Waals surface area contributed by atoms with Crippen molar-refractivity contribution in [1.29, 1.82) is 0 Å². The van der Waals surface area contributed by atoms with Crippen LogP contribution in [0.3, 0.4) is 0 Å². The molecule has 152 valence electrons. The van der Waals surface area contributed by atoms with E-state index in [9.17, 15) is 14.4 Å². The molecule has 3 N–H and O–H groups in total. The Morgan fingerprint density at radius 2 is 2.14 bits per heavy atom. The first-order valence-corrected chi connectivity index (χ1v) is 11.2. The Hall–Kier alpha value is -1.87. The minimum Gasteiger partial charge on any atom is -0.351 e. The summed E-state index contributed by atoms with van der Waals surface area (Å²) in [7, 11) is 0. The number of nitrogens with one attached hydrogen (secondary N) is 1. The number of fused-ring (bicyclic) bond motifs is 3. The van der Waals surface area contributed by atoms with Gasteiger partial charge in [-0.05, 0) is 43.6 Å². The summed E-state index contributed by atoms with van der Waals surface area (Å²) in [6.07, 6.45) is 2.99. The Bertz CT molecular complexity index is 980. The van der Waals surface area contributed by atoms with Crippen LogP contribution in [0.25, 0.3) is 10.2 Å². The van der Waals surface area contributed by atoms with E-state index >= 15 is 0 Å². The van der Waals surface area contributed by atoms with E-state index in [1.54, 1.807) is 15.9 Å². The van der Waals surface area contributed by atoms with Crippen LogP contribution < -0.4 is 16.6 Å². The number of aromatic nitrogens is 2. The molecule has 0 bridgehead atoms. The molecule has 2 atom stereocenters. The first-order valence-electron chi connectivity index (χ1n) is 9.54. The molecule has 7 nitrogen and oxygen atoms in total. The smallest absolute Gasteiger partial charge is 0.318 e. The number of hydrogen-bond acceptors (Lipinski definition) is 6. The maximum atomic E-state index is 13.2. The molecule has 0 spiro atoms. The number of rotatable bonds is 5. The van der Waals surface area contributed by atoms with Crippen molar-refractivity contribution >= 4 is 45.3 Å². The highest BCUT2D eigenvalue weighted by atomic mass is 32.2. The maximum absolute atomic E-state index is 13.2. The van der Waals surface area contributed by atoms with Crippen LogP contribution in [0.15, 0.2) is 9.95 Å². The number of thioether (sulfide) groups is 1. The van der Waals surface area contributed by atoms with E-state index in [1.807, 2.05) is 20.8 Å². The van der Waals surface area contributed by atoms with Crippen LogP contribution in [0.1, 0.15) is 44.6 Å². The number of imide groups is 1. The van der Waals surface area contributed by atoms with Gasteiger partial charge in [0.25, 0.3) is 5.56 Å². The summed E-state index contributed by atoms with van der Waals surface area (Å²) in [6, 6.07) is -0.882. The fourth-order valence-electron chi connectivity index (χ4n) is 3.57. The summed E-state index contributed by atoms with van der Waals surface area (Å²) in [6.45, 7) is 8.37. The predicted octanol–water partition coefficient (Wildman–Crippen LogP) is 2.91. The molecule has 0 saturated heterocycles. The van der Waals surface area contributed by atoms with E-state index in [2.05, 4.69) is 12.2 Å². The Balaban J connectivity index is 2.06. The molecule has 2 heterocycles. The van der Waals surface area contributed by atoms with Crippen LogP contribution in [0.2, 0.25) is 0 Å². The summed E-state index contributed by atoms with van der Waals surface area (Å²) in [5.74, 6) is 0.0778. The number of carbonyl (C=O) groups is 2. The number of primary amides is 1. The first-order chi connectivity index (χ1) is 13.2. The zero-order valence-corrected chi connectivity index (χ0v) is 18.2. The van der Waals surface area contributed by atoms with Crippen LogP contribution in [0, 0.1) is 11.8 Å². The summed E-state index contributed by atoms with van der Waals surface area (Å²) in [5.41, 5.74) is 6.21. The van der Waals surface area contributed by atoms with Crippen molar-refractivity contribution in [2.75, 3.05) is 0 Å². The SMILES string of the molecule is CCn1c(S[C@@H](C(=O)NC(N)=O)C(C)C)nc2sc3c(c2c1=O)CC[C@@H](C)C3. The Labute approximate surface area is 172 Å². The number of amides is 3. The molecule has 9 heteroatoms. The highest BCUT2D eigenvalue weighted by Gasteiger charge is 2.29. The molecule has 1 aliphatic carbocycles. The Kier molecular flexibility index (Phi) is 6.14. The van der Waals surface area contributed by atoms with Crippen LogP contribution in [0.5, 0.6) is 0 Å². The fraction of sp³-hybridized carbons (Fsp3) is 0.579. The number of aryl methyl sites for hydroxylation is 1. The number of hydrogen-bond donors (Lipinski definition) is 2. The second kappa shape index (κ2) is 8.24. The van der Waals surface area contributed by atoms with Crippen molar-refractivity contribution in [3.63, 3.8) is 0 Å². The molecule has 1 aliphatic rings. The van der Waals surface area contributed by atoms with Gasteiger partial charge in [-0.25, -0.2) is 9.78 Å². The average Bonchev–Trinajstić information content (AvgIpc) is 2.96. The lowest BCUT2D eigenvalue weighted by molar-refractivity contribution is -0.120. The van der Waals surface area contributed by atoms with Gasteiger partial charge in [0.15, 0.2) is 5.16 Å². The van der Waals surface area contributed by atoms with Crippen molar-refractivity contribution in [1.82, 2.24) is 14.9 Å². The standard InChI is InChI=1S/C19H26N4O3S2/c1-5-23-17(25)13-11-7-6-10(4)8-12(11)27-16(13)22-19(23)28-14(9(2)3)15(24)21-18(20)26/h9-10,14H,5-8H2,1-4H3,(H3,20,21,24,26)/t10-,14-/m1/s1. The zero-order valence-electron chi connectivity index (χ0n) is 16.6. The van der Waals surface area contributed by atoms with Crippen molar-refractivity contribution in [2.24, 2.45) is 17.6 Å². The summed E-state index contributed by atoms with van der Waals surface area (Å²) in [5, 5.41) is 2.81. The number of nitrogens with two attached hydrogens (primary N) is 1. The molecular formula is C19H26N4O3S2. The van der Waals surface area contributed by atoms with Gasteiger partial charge in [0.1, 0.15) is 4.83 Å². The van der Waals surface area contributed by atoms with E-state index in [4.69, 9.17) is 10.7 Å². The second-order valence-electron chi connectivity index (χ2n) is 7.61. The molecule has 2 aromatic heterocycles. The Morgan fingerprint density at radius 3 is 2.75 bits per heavy atom. The van der Waals surface area contributed by atoms with Gasteiger partial charge in [0.05, 0.1) is 10.6 Å². The van der Waals surface area contributed by atoms with Crippen LogP contribution >= 0.6 is 23.1 Å². The molecule has 0 saturated carbocycles. The lowest BCUT2D eigenvalue weighted by atomic mass is 9.89. The van der Waals surface area contributed by atoms with Crippen LogP contribution in [-0.2, 0) is 24.2 Å². The van der Waals surface area contributed by atoms with Gasteiger partial charge < -0.3 is 5.73 Å². The van der Waals surface area contributed by atoms with E-state index in [1.165, 1.54) is 16.6 Å². The van der Waals surface area contributed by atoms with Gasteiger partial charge >= 0.3 is 6.03 Å². The van der Waals surface area contributed by atoms with Crippen LogP contribution in [-0.4, -0.2) is 26.7 Å². The van der Waals surface area contributed by atoms with E-state index in [0.29, 0.717) is 17.6 Å². The maximum Gasteiger partial charge on any atom is 0.318 e. The molecular weight excluding hydrogens is 396 g/mol. The molecule has 0 radical (unpaired) electrons. The third-order valence-electron chi connectivity index (χ3n) is 5.04. The minimum atomic E-state index is -0.882. The molecule has 28 heavy (non-hydrogen) atoms. The first kappa shape index (κ1) is 20.9. The van der Waals surface area contributed by atoms with Gasteiger partial charge in [0, 0.05) is 11.4 Å². The van der Waals surface area contributed by atoms with E-state index in [-0.39, 0.29) is 11.5 Å². The van der Waals surface area contributed by atoms with Gasteiger partial charge in [-0.2, -0.15) is 0 Å². The van der Waals surface area contributed by atoms with Crippen molar-refractivity contribution in [3.8, 4) is 0 Å². The lowest BCUT2D eigenvalue weighted by Gasteiger charge is -2.20. The van der Waals surface area contributed by atoms with Crippen molar-refractivity contribution in [3.05, 3.63) is 20.8 Å². The third-order valence-corrected chi connectivity index (χ3v) is 7.72. The highest BCUT2D eigenvalue weighted by Crippen LogP contribution is 2.37. The summed E-state index contributed by atoms with van der Waals surface area (Å²) < 4.78 is 1.63. The predicted molar refractivity (Wildman–Crippen MR) is 113 cm³/mol. The monoisotopic (exact) mass is 422 g/mol. The third kappa shape index (κ3) is 3.96. The molecule has 2 aromatic rings. The second-order valence-corrected chi connectivity index (χ2v) is 9.80. The van der Waals surface area contributed by atoms with Gasteiger partial charge in [-0.15, -0.1) is 11.3 Å². The molecule has 3 rings (SSSR count). The topological polar surface area (TPSA) is 107 Å². The quantitative estimate of drug-likeness (QED) is 0.569. The Morgan fingerprint density at radius 1 is 1.43 bits per heavy atom. The fourth-order valence-corrected chi connectivity index (χ4v) is 6.15. The summed E-state index contributed by atoms with van der Waals surface area (Å²) >= 11 is 2.81. The zero-order chi connectivity index (χ0) is 20.6. The number of nitrogens with zero attached hydrogens (tertiary/aromatic N) is 2. The van der Waals surface area contributed by atoms with Gasteiger partial charge in [-0.1, -0.05) is 32.5 Å². The molecule has 0 aliphatic heterocycles. The molecule has 0 fully saturated rings.